The van der Waals surface area contributed by atoms with Gasteiger partial charge in [0.15, 0.2) is 0 Å². The summed E-state index contributed by atoms with van der Waals surface area (Å²) in [5.41, 5.74) is 0. The number of ether oxygens (including phenoxy) is 1. The van der Waals surface area contributed by atoms with E-state index in [9.17, 15) is 18.0 Å². The number of nitrogens with zero attached hydrogens (tertiary/aromatic N) is 1. The van der Waals surface area contributed by atoms with Gasteiger partial charge >= 0.3 is 12.1 Å². The van der Waals surface area contributed by atoms with Gasteiger partial charge in [0.1, 0.15) is 6.04 Å². The van der Waals surface area contributed by atoms with E-state index in [1.807, 2.05) is 0 Å². The topological polar surface area (TPSA) is 49.8 Å². The van der Waals surface area contributed by atoms with Crippen LogP contribution in [0.5, 0.6) is 0 Å². The van der Waals surface area contributed by atoms with Crippen LogP contribution in [-0.4, -0.2) is 54.5 Å². The zero-order valence-corrected chi connectivity index (χ0v) is 9.54. The molecule has 0 aromatic carbocycles. The monoisotopic (exact) mass is 255 g/mol. The largest absolute Gasteiger partial charge is 0.481 e. The second kappa shape index (κ2) is 5.68. The highest BCUT2D eigenvalue weighted by atomic mass is 19.4. The van der Waals surface area contributed by atoms with Crippen molar-refractivity contribution in [1.82, 2.24) is 4.90 Å². The van der Waals surface area contributed by atoms with Gasteiger partial charge in [-0.25, -0.2) is 0 Å². The molecule has 0 radical (unpaired) electrons. The van der Waals surface area contributed by atoms with Gasteiger partial charge in [-0.15, -0.1) is 0 Å². The molecule has 7 heteroatoms. The molecule has 1 rings (SSSR count). The Morgan fingerprint density at radius 2 is 2.24 bits per heavy atom. The van der Waals surface area contributed by atoms with E-state index in [4.69, 9.17) is 9.84 Å². The lowest BCUT2D eigenvalue weighted by atomic mass is 10.0. The number of methoxy groups -OCH3 is 1. The molecule has 2 atom stereocenters. The number of hydrogen-bond donors (Lipinski definition) is 1. The maximum atomic E-state index is 12.8. The third kappa shape index (κ3) is 4.16. The first-order chi connectivity index (χ1) is 7.84. The number of rotatable bonds is 4. The number of alkyl halides is 3. The lowest BCUT2D eigenvalue weighted by Gasteiger charge is -2.37. The van der Waals surface area contributed by atoms with Gasteiger partial charge in [0.05, 0.1) is 12.5 Å². The van der Waals surface area contributed by atoms with E-state index in [1.165, 1.54) is 7.11 Å². The van der Waals surface area contributed by atoms with Crippen molar-refractivity contribution in [1.29, 1.82) is 0 Å². The molecule has 0 amide bonds. The Morgan fingerprint density at radius 1 is 1.59 bits per heavy atom. The van der Waals surface area contributed by atoms with Gasteiger partial charge in [-0.3, -0.25) is 9.69 Å². The third-order valence-corrected chi connectivity index (χ3v) is 2.93. The van der Waals surface area contributed by atoms with Gasteiger partial charge in [0.2, 0.25) is 0 Å². The minimum atomic E-state index is -4.52. The van der Waals surface area contributed by atoms with Gasteiger partial charge in [-0.1, -0.05) is 0 Å². The molecule has 1 fully saturated rings. The number of likely N-dealkylation sites (tertiary alicyclic amines) is 1. The summed E-state index contributed by atoms with van der Waals surface area (Å²) < 4.78 is 43.3. The zero-order valence-electron chi connectivity index (χ0n) is 9.54. The van der Waals surface area contributed by atoms with E-state index in [-0.39, 0.29) is 19.2 Å². The van der Waals surface area contributed by atoms with Crippen LogP contribution in [0.1, 0.15) is 19.3 Å². The highest BCUT2D eigenvalue weighted by molar-refractivity contribution is 5.67. The summed E-state index contributed by atoms with van der Waals surface area (Å²) in [5.74, 6) is -1.44. The van der Waals surface area contributed by atoms with Crippen LogP contribution < -0.4 is 0 Å². The summed E-state index contributed by atoms with van der Waals surface area (Å²) in [5, 5.41) is 8.54. The predicted molar refractivity (Wildman–Crippen MR) is 53.7 cm³/mol. The molecule has 1 aliphatic rings. The van der Waals surface area contributed by atoms with E-state index in [1.54, 1.807) is 0 Å². The normalized spacial score (nSPS) is 24.6. The molecule has 1 heterocycles. The molecule has 0 aliphatic carbocycles. The summed E-state index contributed by atoms with van der Waals surface area (Å²) in [4.78, 5) is 11.7. The average Bonchev–Trinajstić information content (AvgIpc) is 2.24. The van der Waals surface area contributed by atoms with Crippen molar-refractivity contribution in [3.05, 3.63) is 0 Å². The van der Waals surface area contributed by atoms with Crippen LogP contribution in [0, 0.1) is 0 Å². The minimum Gasteiger partial charge on any atom is -0.481 e. The Kier molecular flexibility index (Phi) is 4.76. The highest BCUT2D eigenvalue weighted by Crippen LogP contribution is 2.29. The fourth-order valence-corrected chi connectivity index (χ4v) is 2.06. The molecule has 0 bridgehead atoms. The van der Waals surface area contributed by atoms with Crippen molar-refractivity contribution in [3.8, 4) is 0 Å². The molecular weight excluding hydrogens is 239 g/mol. The lowest BCUT2D eigenvalue weighted by molar-refractivity contribution is -0.196. The Hall–Kier alpha value is -0.820. The summed E-state index contributed by atoms with van der Waals surface area (Å²) in [6.45, 7) is 0.394. The minimum absolute atomic E-state index is 0.133. The van der Waals surface area contributed by atoms with Gasteiger partial charge in [0.25, 0.3) is 0 Å². The lowest BCUT2D eigenvalue weighted by Crippen LogP contribution is -2.52. The van der Waals surface area contributed by atoms with Crippen LogP contribution in [0.2, 0.25) is 0 Å². The van der Waals surface area contributed by atoms with E-state index in [0.29, 0.717) is 12.8 Å². The van der Waals surface area contributed by atoms with E-state index < -0.39 is 24.6 Å². The molecule has 0 saturated carbocycles. The van der Waals surface area contributed by atoms with Crippen LogP contribution >= 0.6 is 0 Å². The maximum absolute atomic E-state index is 12.8. The van der Waals surface area contributed by atoms with Crippen LogP contribution in [0.15, 0.2) is 0 Å². The molecule has 2 unspecified atom stereocenters. The molecule has 0 spiro atoms. The van der Waals surface area contributed by atoms with Crippen molar-refractivity contribution in [2.45, 2.75) is 37.6 Å². The quantitative estimate of drug-likeness (QED) is 0.827. The Morgan fingerprint density at radius 3 is 2.71 bits per heavy atom. The molecule has 0 aromatic rings. The van der Waals surface area contributed by atoms with Crippen LogP contribution in [0.25, 0.3) is 0 Å². The summed E-state index contributed by atoms with van der Waals surface area (Å²) >= 11 is 0. The average molecular weight is 255 g/mol. The Bertz CT molecular complexity index is 270. The number of carboxylic acids is 1. The smallest absolute Gasteiger partial charge is 0.404 e. The summed E-state index contributed by atoms with van der Waals surface area (Å²) in [6, 6.07) is -1.92. The molecule has 1 saturated heterocycles. The fraction of sp³-hybridized carbons (Fsp3) is 0.900. The standard InChI is InChI=1S/C10H16F3NO3/c1-17-7-3-2-4-14(6-7)8(5-9(15)16)10(11,12)13/h7-8H,2-6H2,1H3,(H,15,16). The van der Waals surface area contributed by atoms with Gasteiger partial charge in [0, 0.05) is 13.7 Å². The summed E-state index contributed by atoms with van der Waals surface area (Å²) in [6.07, 6.45) is -4.38. The van der Waals surface area contributed by atoms with Crippen molar-refractivity contribution in [3.63, 3.8) is 0 Å². The van der Waals surface area contributed by atoms with Crippen molar-refractivity contribution < 1.29 is 27.8 Å². The van der Waals surface area contributed by atoms with E-state index in [2.05, 4.69) is 0 Å². The number of hydrogen-bond acceptors (Lipinski definition) is 3. The second-order valence-corrected chi connectivity index (χ2v) is 4.15. The molecule has 100 valence electrons. The predicted octanol–water partition coefficient (Wildman–Crippen LogP) is 1.50. The molecule has 4 nitrogen and oxygen atoms in total. The van der Waals surface area contributed by atoms with Gasteiger partial charge < -0.3 is 9.84 Å². The maximum Gasteiger partial charge on any atom is 0.404 e. The summed E-state index contributed by atoms with van der Waals surface area (Å²) in [7, 11) is 1.45. The van der Waals surface area contributed by atoms with Gasteiger partial charge in [-0.2, -0.15) is 13.2 Å². The molecule has 17 heavy (non-hydrogen) atoms. The SMILES string of the molecule is COC1CCCN(C(CC(=O)O)C(F)(F)F)C1. The number of carboxylic acid groups (broad SMARTS) is 1. The zero-order chi connectivity index (χ0) is 13.1. The van der Waals surface area contributed by atoms with Crippen LogP contribution in [0.4, 0.5) is 13.2 Å². The van der Waals surface area contributed by atoms with Crippen molar-refractivity contribution in [2.24, 2.45) is 0 Å². The molecule has 1 N–H and O–H groups in total. The first kappa shape index (κ1) is 14.2. The van der Waals surface area contributed by atoms with E-state index in [0.717, 1.165) is 4.90 Å². The van der Waals surface area contributed by atoms with Crippen LogP contribution in [-0.2, 0) is 9.53 Å². The Balaban J connectivity index is 2.72. The van der Waals surface area contributed by atoms with Crippen LogP contribution in [0.3, 0.4) is 0 Å². The molecule has 1 aliphatic heterocycles. The van der Waals surface area contributed by atoms with Crippen molar-refractivity contribution in [2.75, 3.05) is 20.2 Å². The number of aliphatic carboxylic acids is 1. The number of halogens is 3. The fourth-order valence-electron chi connectivity index (χ4n) is 2.06. The van der Waals surface area contributed by atoms with E-state index >= 15 is 0 Å². The number of piperidine rings is 1. The first-order valence-corrected chi connectivity index (χ1v) is 5.40. The highest BCUT2D eigenvalue weighted by Gasteiger charge is 2.45. The molecular formula is C10H16F3NO3. The Labute approximate surface area is 97.3 Å². The second-order valence-electron chi connectivity index (χ2n) is 4.15. The van der Waals surface area contributed by atoms with Gasteiger partial charge in [-0.05, 0) is 19.4 Å². The first-order valence-electron chi connectivity index (χ1n) is 5.40. The number of carbonyl (C=O) groups is 1. The van der Waals surface area contributed by atoms with Crippen molar-refractivity contribution >= 4 is 5.97 Å². The third-order valence-electron chi connectivity index (χ3n) is 2.93. The molecule has 0 aromatic heterocycles.